The molecular formula is C25H25N5O4S. The molecule has 10 heteroatoms. The first-order valence-electron chi connectivity index (χ1n) is 11.3. The second-order valence-corrected chi connectivity index (χ2v) is 10.2. The molecule has 1 saturated heterocycles. The Bertz CT molecular complexity index is 1460. The number of carbonyl (C=O) groups is 2. The van der Waals surface area contributed by atoms with E-state index in [1.54, 1.807) is 29.2 Å². The van der Waals surface area contributed by atoms with E-state index in [0.29, 0.717) is 30.5 Å². The highest BCUT2D eigenvalue weighted by atomic mass is 32.2. The summed E-state index contributed by atoms with van der Waals surface area (Å²) in [5.74, 6) is -0.572. The van der Waals surface area contributed by atoms with Crippen LogP contribution in [0.5, 0.6) is 0 Å². The minimum atomic E-state index is -3.79. The van der Waals surface area contributed by atoms with Gasteiger partial charge >= 0.3 is 0 Å². The molecule has 3 aromatic rings. The number of nitrogens with zero attached hydrogens (tertiary/aromatic N) is 3. The molecule has 0 saturated carbocycles. The molecule has 35 heavy (non-hydrogen) atoms. The maximum absolute atomic E-state index is 13.0. The smallest absolute Gasteiger partial charge is 0.285 e. The lowest BCUT2D eigenvalue weighted by molar-refractivity contribution is -0.125. The Labute approximate surface area is 203 Å². The fourth-order valence-electron chi connectivity index (χ4n) is 4.82. The van der Waals surface area contributed by atoms with Crippen molar-refractivity contribution in [3.05, 3.63) is 83.2 Å². The molecule has 1 fully saturated rings. The Morgan fingerprint density at radius 3 is 2.49 bits per heavy atom. The standard InChI is InChI=1S/C25H25N5O4S/c1-16-15-20(17(2)30(16)18-9-4-3-5-10-18)24(31)26-27-25(32)21-12-8-14-29(21)23-19-11-6-7-13-22(19)35(33,34)28-23/h3-7,9-11,13,15,21H,8,12,14H2,1-2H3,(H,26,31)(H,27,32)/t21-/m0/s1. The number of fused-ring (bicyclic) bond motifs is 1. The molecule has 0 radical (unpaired) electrons. The lowest BCUT2D eigenvalue weighted by Gasteiger charge is -2.25. The average Bonchev–Trinajstić information content (AvgIpc) is 3.52. The van der Waals surface area contributed by atoms with Crippen LogP contribution in [-0.4, -0.2) is 48.1 Å². The number of amides is 2. The largest absolute Gasteiger partial charge is 0.343 e. The van der Waals surface area contributed by atoms with Gasteiger partial charge in [0.1, 0.15) is 10.9 Å². The second kappa shape index (κ2) is 8.70. The van der Waals surface area contributed by atoms with Gasteiger partial charge < -0.3 is 9.47 Å². The molecule has 2 amide bonds. The number of sulfonamides is 1. The van der Waals surface area contributed by atoms with Crippen LogP contribution < -0.4 is 10.9 Å². The molecule has 2 aromatic carbocycles. The third-order valence-electron chi connectivity index (χ3n) is 6.43. The van der Waals surface area contributed by atoms with Gasteiger partial charge in [-0.3, -0.25) is 20.4 Å². The molecule has 0 spiro atoms. The minimum absolute atomic E-state index is 0.142. The van der Waals surface area contributed by atoms with Crippen molar-refractivity contribution in [2.75, 3.05) is 6.54 Å². The molecule has 2 N–H and O–H groups in total. The van der Waals surface area contributed by atoms with Crippen molar-refractivity contribution in [1.29, 1.82) is 0 Å². The van der Waals surface area contributed by atoms with Crippen LogP contribution in [0.3, 0.4) is 0 Å². The van der Waals surface area contributed by atoms with Gasteiger partial charge in [0.2, 0.25) is 0 Å². The molecule has 5 rings (SSSR count). The Hall–Kier alpha value is -3.92. The molecule has 0 aliphatic carbocycles. The summed E-state index contributed by atoms with van der Waals surface area (Å²) >= 11 is 0. The van der Waals surface area contributed by atoms with Crippen molar-refractivity contribution in [1.82, 2.24) is 20.3 Å². The number of aryl methyl sites for hydroxylation is 1. The number of amidine groups is 1. The lowest BCUT2D eigenvalue weighted by Crippen LogP contribution is -2.51. The quantitative estimate of drug-likeness (QED) is 0.547. The first-order chi connectivity index (χ1) is 16.8. The van der Waals surface area contributed by atoms with Crippen molar-refractivity contribution in [3.63, 3.8) is 0 Å². The van der Waals surface area contributed by atoms with Crippen LogP contribution in [0, 0.1) is 13.8 Å². The summed E-state index contributed by atoms with van der Waals surface area (Å²) in [4.78, 5) is 27.8. The van der Waals surface area contributed by atoms with Crippen molar-refractivity contribution in [2.24, 2.45) is 4.40 Å². The van der Waals surface area contributed by atoms with E-state index in [-0.39, 0.29) is 10.7 Å². The van der Waals surface area contributed by atoms with Crippen LogP contribution in [-0.2, 0) is 14.8 Å². The summed E-state index contributed by atoms with van der Waals surface area (Å²) in [6, 6.07) is 17.4. The molecule has 9 nitrogen and oxygen atoms in total. The highest BCUT2D eigenvalue weighted by Crippen LogP contribution is 2.31. The van der Waals surface area contributed by atoms with Crippen molar-refractivity contribution in [2.45, 2.75) is 37.6 Å². The van der Waals surface area contributed by atoms with E-state index < -0.39 is 27.9 Å². The number of hydrogen-bond acceptors (Lipinski definition) is 5. The van der Waals surface area contributed by atoms with Gasteiger partial charge in [-0.1, -0.05) is 30.3 Å². The maximum Gasteiger partial charge on any atom is 0.285 e. The second-order valence-electron chi connectivity index (χ2n) is 8.64. The zero-order valence-electron chi connectivity index (χ0n) is 19.4. The van der Waals surface area contributed by atoms with E-state index in [4.69, 9.17) is 0 Å². The van der Waals surface area contributed by atoms with Crippen LogP contribution in [0.25, 0.3) is 5.69 Å². The molecule has 2 aliphatic heterocycles. The van der Waals surface area contributed by atoms with Gasteiger partial charge in [-0.25, -0.2) is 0 Å². The van der Waals surface area contributed by atoms with Gasteiger partial charge in [0.05, 0.1) is 5.56 Å². The van der Waals surface area contributed by atoms with Gasteiger partial charge in [-0.05, 0) is 57.0 Å². The molecule has 0 unspecified atom stereocenters. The van der Waals surface area contributed by atoms with Gasteiger partial charge in [-0.15, -0.1) is 4.40 Å². The van der Waals surface area contributed by atoms with Crippen LogP contribution in [0.4, 0.5) is 0 Å². The van der Waals surface area contributed by atoms with Gasteiger partial charge in [0, 0.05) is 29.2 Å². The number of carbonyl (C=O) groups excluding carboxylic acids is 2. The van der Waals surface area contributed by atoms with Gasteiger partial charge in [-0.2, -0.15) is 8.42 Å². The van der Waals surface area contributed by atoms with Crippen molar-refractivity contribution < 1.29 is 18.0 Å². The van der Waals surface area contributed by atoms with E-state index >= 15 is 0 Å². The third kappa shape index (κ3) is 3.99. The number of hydrazine groups is 1. The summed E-state index contributed by atoms with van der Waals surface area (Å²) in [6.45, 7) is 4.26. The Kier molecular flexibility index (Phi) is 5.68. The van der Waals surface area contributed by atoms with E-state index in [1.165, 1.54) is 6.07 Å². The van der Waals surface area contributed by atoms with Crippen molar-refractivity contribution >= 4 is 27.7 Å². The van der Waals surface area contributed by atoms with Crippen LogP contribution >= 0.6 is 0 Å². The first-order valence-corrected chi connectivity index (χ1v) is 12.8. The highest BCUT2D eigenvalue weighted by Gasteiger charge is 2.39. The number of rotatable bonds is 3. The van der Waals surface area contributed by atoms with Crippen LogP contribution in [0.15, 0.2) is 70.0 Å². The number of aromatic nitrogens is 1. The molecule has 2 aliphatic rings. The predicted octanol–water partition coefficient (Wildman–Crippen LogP) is 2.47. The topological polar surface area (TPSA) is 113 Å². The number of benzene rings is 2. The average molecular weight is 492 g/mol. The zero-order chi connectivity index (χ0) is 24.7. The minimum Gasteiger partial charge on any atom is -0.343 e. The summed E-state index contributed by atoms with van der Waals surface area (Å²) in [5, 5.41) is 0. The Balaban J connectivity index is 1.31. The normalized spacial score (nSPS) is 18.2. The van der Waals surface area contributed by atoms with E-state index in [2.05, 4.69) is 15.2 Å². The predicted molar refractivity (Wildman–Crippen MR) is 131 cm³/mol. The molecule has 1 atom stereocenters. The fraction of sp³-hybridized carbons (Fsp3) is 0.240. The third-order valence-corrected chi connectivity index (χ3v) is 7.75. The first kappa shape index (κ1) is 22.9. The molecule has 180 valence electrons. The lowest BCUT2D eigenvalue weighted by atomic mass is 10.1. The SMILES string of the molecule is Cc1cc(C(=O)NNC(=O)[C@@H]2CCCN2C2=NS(=O)(=O)c3ccccc32)c(C)n1-c1ccccc1. The fourth-order valence-corrected chi connectivity index (χ4v) is 6.04. The van der Waals surface area contributed by atoms with Gasteiger partial charge in [0.15, 0.2) is 5.84 Å². The van der Waals surface area contributed by atoms with Crippen LogP contribution in [0.1, 0.15) is 40.2 Å². The Morgan fingerprint density at radius 2 is 1.71 bits per heavy atom. The number of para-hydroxylation sites is 1. The van der Waals surface area contributed by atoms with E-state index in [0.717, 1.165) is 17.1 Å². The highest BCUT2D eigenvalue weighted by molar-refractivity contribution is 7.90. The van der Waals surface area contributed by atoms with Crippen molar-refractivity contribution in [3.8, 4) is 5.69 Å². The zero-order valence-corrected chi connectivity index (χ0v) is 20.2. The maximum atomic E-state index is 13.0. The van der Waals surface area contributed by atoms with E-state index in [9.17, 15) is 18.0 Å². The van der Waals surface area contributed by atoms with Crippen LogP contribution in [0.2, 0.25) is 0 Å². The van der Waals surface area contributed by atoms with E-state index in [1.807, 2.05) is 48.7 Å². The summed E-state index contributed by atoms with van der Waals surface area (Å²) in [5.41, 5.74) is 8.58. The molecular weight excluding hydrogens is 466 g/mol. The summed E-state index contributed by atoms with van der Waals surface area (Å²) in [6.07, 6.45) is 1.22. The number of likely N-dealkylation sites (tertiary alicyclic amines) is 1. The monoisotopic (exact) mass is 491 g/mol. The number of nitrogens with one attached hydrogen (secondary N) is 2. The molecule has 3 heterocycles. The van der Waals surface area contributed by atoms with Gasteiger partial charge in [0.25, 0.3) is 21.8 Å². The molecule has 0 bridgehead atoms. The number of hydrogen-bond donors (Lipinski definition) is 2. The summed E-state index contributed by atoms with van der Waals surface area (Å²) < 4.78 is 30.8. The summed E-state index contributed by atoms with van der Waals surface area (Å²) in [7, 11) is -3.79. The Morgan fingerprint density at radius 1 is 1.00 bits per heavy atom. The molecule has 1 aromatic heterocycles.